The third-order valence-corrected chi connectivity index (χ3v) is 1.55. The average Bonchev–Trinajstić information content (AvgIpc) is 2.42. The number of nitrogens with one attached hydrogen (secondary N) is 1. The van der Waals surface area contributed by atoms with Crippen molar-refractivity contribution in [2.24, 2.45) is 0 Å². The molecule has 98 valence electrons. The lowest BCUT2D eigenvalue weighted by molar-refractivity contribution is -0.107. The van der Waals surface area contributed by atoms with Crippen molar-refractivity contribution in [3.8, 4) is 5.88 Å². The summed E-state index contributed by atoms with van der Waals surface area (Å²) in [5.41, 5.74) is 1.16. The summed E-state index contributed by atoms with van der Waals surface area (Å²) in [6.45, 7) is 6.66. The Morgan fingerprint density at radius 3 is 2.29 bits per heavy atom. The minimum Gasteiger partial charge on any atom is -0.481 e. The van der Waals surface area contributed by atoms with Crippen LogP contribution in [0.1, 0.15) is 32.8 Å². The molecule has 4 heteroatoms. The standard InChI is InChI=1S/C8H12N2O.C3H6O.C2H6/c1-9-5-7-3-4-8(11-2)10-6-7;1-2-3-4;1-2/h3-4,6,9H,5H2,1-2H3;3H,2H2,1H3;1-2H3. The Balaban J connectivity index is 0. The molecule has 0 aliphatic rings. The SMILES string of the molecule is CC.CCC=O.CNCc1ccc(OC)nc1. The van der Waals surface area contributed by atoms with Gasteiger partial charge in [-0.1, -0.05) is 26.8 Å². The number of aldehydes is 1. The van der Waals surface area contributed by atoms with Crippen molar-refractivity contribution in [2.45, 2.75) is 33.7 Å². The van der Waals surface area contributed by atoms with Gasteiger partial charge in [0, 0.05) is 25.2 Å². The van der Waals surface area contributed by atoms with Crippen LogP contribution in [-0.2, 0) is 11.3 Å². The minimum absolute atomic E-state index is 0.639. The van der Waals surface area contributed by atoms with Crippen molar-refractivity contribution in [3.05, 3.63) is 23.9 Å². The first-order valence-electron chi connectivity index (χ1n) is 5.85. The van der Waals surface area contributed by atoms with Crippen molar-refractivity contribution in [3.63, 3.8) is 0 Å². The Morgan fingerprint density at radius 2 is 2.00 bits per heavy atom. The second-order valence-corrected chi connectivity index (χ2v) is 2.81. The van der Waals surface area contributed by atoms with Gasteiger partial charge in [0.25, 0.3) is 0 Å². The molecule has 1 aromatic heterocycles. The van der Waals surface area contributed by atoms with Crippen LogP contribution in [-0.4, -0.2) is 25.4 Å². The summed E-state index contributed by atoms with van der Waals surface area (Å²) in [6.07, 6.45) is 3.31. The summed E-state index contributed by atoms with van der Waals surface area (Å²) in [7, 11) is 3.52. The lowest BCUT2D eigenvalue weighted by atomic mass is 10.3. The van der Waals surface area contributed by atoms with E-state index < -0.39 is 0 Å². The third kappa shape index (κ3) is 10.9. The second-order valence-electron chi connectivity index (χ2n) is 2.81. The fourth-order valence-electron chi connectivity index (χ4n) is 0.840. The van der Waals surface area contributed by atoms with Gasteiger partial charge < -0.3 is 14.8 Å². The Bertz CT molecular complexity index is 261. The number of ether oxygens (including phenoxy) is 1. The van der Waals surface area contributed by atoms with Gasteiger partial charge in [-0.2, -0.15) is 0 Å². The molecule has 0 aliphatic carbocycles. The molecule has 0 aliphatic heterocycles. The van der Waals surface area contributed by atoms with Gasteiger partial charge in [-0.05, 0) is 12.6 Å². The number of nitrogens with zero attached hydrogens (tertiary/aromatic N) is 1. The topological polar surface area (TPSA) is 51.2 Å². The molecule has 17 heavy (non-hydrogen) atoms. The molecule has 1 aromatic rings. The normalized spacial score (nSPS) is 8.06. The van der Waals surface area contributed by atoms with Crippen LogP contribution >= 0.6 is 0 Å². The molecule has 4 nitrogen and oxygen atoms in total. The molecule has 0 atom stereocenters. The quantitative estimate of drug-likeness (QED) is 0.821. The zero-order valence-electron chi connectivity index (χ0n) is 11.5. The van der Waals surface area contributed by atoms with Gasteiger partial charge in [-0.15, -0.1) is 0 Å². The van der Waals surface area contributed by atoms with Crippen LogP contribution in [0.4, 0.5) is 0 Å². The maximum atomic E-state index is 9.17. The van der Waals surface area contributed by atoms with E-state index in [4.69, 9.17) is 4.74 Å². The number of carbonyl (C=O) groups is 1. The summed E-state index contributed by atoms with van der Waals surface area (Å²) in [6, 6.07) is 3.84. The summed E-state index contributed by atoms with van der Waals surface area (Å²) in [4.78, 5) is 13.2. The summed E-state index contributed by atoms with van der Waals surface area (Å²) in [5.74, 6) is 0.657. The largest absolute Gasteiger partial charge is 0.481 e. The fraction of sp³-hybridized carbons (Fsp3) is 0.538. The van der Waals surface area contributed by atoms with Crippen molar-refractivity contribution in [1.82, 2.24) is 10.3 Å². The van der Waals surface area contributed by atoms with Crippen molar-refractivity contribution in [1.29, 1.82) is 0 Å². The number of hydrogen-bond acceptors (Lipinski definition) is 4. The van der Waals surface area contributed by atoms with E-state index >= 15 is 0 Å². The molecule has 0 spiro atoms. The highest BCUT2D eigenvalue weighted by molar-refractivity contribution is 5.48. The molecule has 0 fully saturated rings. The minimum atomic E-state index is 0.639. The molecule has 1 heterocycles. The van der Waals surface area contributed by atoms with Crippen LogP contribution in [0.3, 0.4) is 0 Å². The predicted molar refractivity (Wildman–Crippen MR) is 71.3 cm³/mol. The molecule has 0 saturated heterocycles. The van der Waals surface area contributed by atoms with E-state index in [1.165, 1.54) is 0 Å². The van der Waals surface area contributed by atoms with E-state index in [1.54, 1.807) is 13.3 Å². The predicted octanol–water partition coefficient (Wildman–Crippen LogP) is 2.43. The molecular formula is C13H24N2O2. The first-order chi connectivity index (χ1) is 8.28. The van der Waals surface area contributed by atoms with E-state index in [9.17, 15) is 4.79 Å². The highest BCUT2D eigenvalue weighted by Crippen LogP contribution is 2.05. The molecule has 0 radical (unpaired) electrons. The number of pyridine rings is 1. The lowest BCUT2D eigenvalue weighted by Gasteiger charge is -2.00. The van der Waals surface area contributed by atoms with Gasteiger partial charge >= 0.3 is 0 Å². The van der Waals surface area contributed by atoms with Gasteiger partial charge in [0.2, 0.25) is 5.88 Å². The molecule has 0 saturated carbocycles. The summed E-state index contributed by atoms with van der Waals surface area (Å²) < 4.78 is 4.92. The van der Waals surface area contributed by atoms with Crippen LogP contribution in [0.15, 0.2) is 18.3 Å². The smallest absolute Gasteiger partial charge is 0.212 e. The van der Waals surface area contributed by atoms with E-state index in [0.29, 0.717) is 12.3 Å². The van der Waals surface area contributed by atoms with Gasteiger partial charge in [-0.3, -0.25) is 0 Å². The Hall–Kier alpha value is -1.42. The monoisotopic (exact) mass is 240 g/mol. The van der Waals surface area contributed by atoms with Crippen LogP contribution < -0.4 is 10.1 Å². The molecule has 1 N–H and O–H groups in total. The van der Waals surface area contributed by atoms with E-state index in [1.807, 2.05) is 40.0 Å². The average molecular weight is 240 g/mol. The molecule has 0 amide bonds. The van der Waals surface area contributed by atoms with Crippen LogP contribution in [0, 0.1) is 0 Å². The highest BCUT2D eigenvalue weighted by Gasteiger charge is 1.92. The molecule has 0 bridgehead atoms. The molecular weight excluding hydrogens is 216 g/mol. The number of hydrogen-bond donors (Lipinski definition) is 1. The van der Waals surface area contributed by atoms with Crippen LogP contribution in [0.25, 0.3) is 0 Å². The molecule has 1 rings (SSSR count). The number of carbonyl (C=O) groups excluding carboxylic acids is 1. The van der Waals surface area contributed by atoms with Gasteiger partial charge in [0.15, 0.2) is 0 Å². The van der Waals surface area contributed by atoms with Crippen molar-refractivity contribution in [2.75, 3.05) is 14.2 Å². The maximum absolute atomic E-state index is 9.17. The highest BCUT2D eigenvalue weighted by atomic mass is 16.5. The van der Waals surface area contributed by atoms with Gasteiger partial charge in [0.1, 0.15) is 6.29 Å². The Kier molecular flexibility index (Phi) is 15.4. The Morgan fingerprint density at radius 1 is 1.41 bits per heavy atom. The Labute approximate surface area is 104 Å². The second kappa shape index (κ2) is 14.6. The maximum Gasteiger partial charge on any atom is 0.212 e. The van der Waals surface area contributed by atoms with Crippen LogP contribution in [0.2, 0.25) is 0 Å². The zero-order valence-corrected chi connectivity index (χ0v) is 11.5. The summed E-state index contributed by atoms with van der Waals surface area (Å²) >= 11 is 0. The van der Waals surface area contributed by atoms with Gasteiger partial charge in [0.05, 0.1) is 7.11 Å². The number of methoxy groups -OCH3 is 1. The molecule has 0 aromatic carbocycles. The number of rotatable bonds is 4. The van der Waals surface area contributed by atoms with Crippen molar-refractivity contribution >= 4 is 6.29 Å². The lowest BCUT2D eigenvalue weighted by Crippen LogP contribution is -2.05. The van der Waals surface area contributed by atoms with E-state index in [-0.39, 0.29) is 0 Å². The fourth-order valence-corrected chi connectivity index (χ4v) is 0.840. The third-order valence-electron chi connectivity index (χ3n) is 1.55. The molecule has 0 unspecified atom stereocenters. The summed E-state index contributed by atoms with van der Waals surface area (Å²) in [5, 5.41) is 3.04. The van der Waals surface area contributed by atoms with Crippen molar-refractivity contribution < 1.29 is 9.53 Å². The van der Waals surface area contributed by atoms with Crippen LogP contribution in [0.5, 0.6) is 5.88 Å². The van der Waals surface area contributed by atoms with Gasteiger partial charge in [-0.25, -0.2) is 4.98 Å². The first kappa shape index (κ1) is 18.0. The van der Waals surface area contributed by atoms with E-state index in [0.717, 1.165) is 18.4 Å². The zero-order chi connectivity index (χ0) is 13.5. The van der Waals surface area contributed by atoms with E-state index in [2.05, 4.69) is 10.3 Å². The first-order valence-corrected chi connectivity index (χ1v) is 5.85. The number of aromatic nitrogens is 1.